The largest absolute Gasteiger partial charge is 0.351 e. The van der Waals surface area contributed by atoms with Gasteiger partial charge < -0.3 is 15.2 Å². The summed E-state index contributed by atoms with van der Waals surface area (Å²) >= 11 is 3.20. The van der Waals surface area contributed by atoms with Gasteiger partial charge in [0.05, 0.1) is 22.6 Å². The highest BCUT2D eigenvalue weighted by molar-refractivity contribution is 9.10. The van der Waals surface area contributed by atoms with Gasteiger partial charge in [-0.3, -0.25) is 9.59 Å². The molecule has 28 heavy (non-hydrogen) atoms. The van der Waals surface area contributed by atoms with Crippen LogP contribution in [0.25, 0.3) is 11.0 Å². The molecule has 6 nitrogen and oxygen atoms in total. The average Bonchev–Trinajstić information content (AvgIpc) is 2.69. The molecule has 1 aliphatic rings. The second-order valence-electron chi connectivity index (χ2n) is 6.81. The van der Waals surface area contributed by atoms with Gasteiger partial charge in [0.25, 0.3) is 5.56 Å². The van der Waals surface area contributed by atoms with Crippen LogP contribution in [0.1, 0.15) is 12.8 Å². The van der Waals surface area contributed by atoms with Crippen LogP contribution in [0.3, 0.4) is 0 Å². The number of carbonyl (C=O) groups excluding carboxylic acids is 1. The van der Waals surface area contributed by atoms with Gasteiger partial charge in [0.15, 0.2) is 5.82 Å². The summed E-state index contributed by atoms with van der Waals surface area (Å²) in [5, 5.41) is 2.66. The fourth-order valence-corrected chi connectivity index (χ4v) is 3.78. The van der Waals surface area contributed by atoms with E-state index >= 15 is 0 Å². The van der Waals surface area contributed by atoms with Crippen molar-refractivity contribution in [1.82, 2.24) is 9.97 Å². The Kier molecular flexibility index (Phi) is 5.13. The molecule has 1 saturated heterocycles. The number of aromatic amines is 1. The van der Waals surface area contributed by atoms with Crippen LogP contribution in [-0.2, 0) is 4.79 Å². The number of nitrogens with one attached hydrogen (secondary N) is 2. The maximum Gasteiger partial charge on any atom is 0.291 e. The van der Waals surface area contributed by atoms with E-state index in [2.05, 4.69) is 31.2 Å². The minimum absolute atomic E-state index is 0.145. The molecule has 0 aliphatic carbocycles. The van der Waals surface area contributed by atoms with E-state index in [-0.39, 0.29) is 23.1 Å². The molecule has 0 bridgehead atoms. The second-order valence-corrected chi connectivity index (χ2v) is 7.72. The molecule has 8 heteroatoms. The van der Waals surface area contributed by atoms with E-state index in [4.69, 9.17) is 0 Å². The highest BCUT2D eigenvalue weighted by Crippen LogP contribution is 2.24. The number of H-pyrrole nitrogens is 1. The lowest BCUT2D eigenvalue weighted by Crippen LogP contribution is -2.43. The first-order valence-electron chi connectivity index (χ1n) is 9.01. The van der Waals surface area contributed by atoms with Crippen molar-refractivity contribution >= 4 is 44.4 Å². The Morgan fingerprint density at radius 3 is 2.93 bits per heavy atom. The quantitative estimate of drug-likeness (QED) is 0.645. The summed E-state index contributed by atoms with van der Waals surface area (Å²) in [4.78, 5) is 34.3. The van der Waals surface area contributed by atoms with Gasteiger partial charge in [0, 0.05) is 17.6 Å². The van der Waals surface area contributed by atoms with Gasteiger partial charge in [0.2, 0.25) is 5.91 Å². The molecule has 2 aromatic carbocycles. The number of amides is 1. The van der Waals surface area contributed by atoms with Crippen LogP contribution in [0.5, 0.6) is 0 Å². The normalized spacial score (nSPS) is 16.9. The van der Waals surface area contributed by atoms with E-state index in [0.717, 1.165) is 6.42 Å². The minimum atomic E-state index is -0.497. The van der Waals surface area contributed by atoms with Gasteiger partial charge in [-0.1, -0.05) is 28.1 Å². The average molecular weight is 445 g/mol. The zero-order valence-electron chi connectivity index (χ0n) is 14.9. The number of aromatic nitrogens is 2. The molecule has 0 saturated carbocycles. The van der Waals surface area contributed by atoms with Gasteiger partial charge >= 0.3 is 0 Å². The highest BCUT2D eigenvalue weighted by Gasteiger charge is 2.28. The molecule has 144 valence electrons. The van der Waals surface area contributed by atoms with Crippen molar-refractivity contribution in [3.05, 3.63) is 63.1 Å². The van der Waals surface area contributed by atoms with Gasteiger partial charge in [-0.05, 0) is 43.2 Å². The summed E-state index contributed by atoms with van der Waals surface area (Å²) < 4.78 is 14.6. The standard InChI is InChI=1S/C20H18BrFN4O2/c21-13-7-8-15(14(22)10-13)24-19(27)12-4-3-9-26(11-12)18-20(28)25-17-6-2-1-5-16(17)23-18/h1-2,5-8,10,12H,3-4,9,11H2,(H,24,27)(H,25,28)/t12-/m1/s1. The molecule has 2 heterocycles. The zero-order valence-corrected chi connectivity index (χ0v) is 16.5. The molecule has 1 aromatic heterocycles. The Balaban J connectivity index is 1.53. The first kappa shape index (κ1) is 18.6. The summed E-state index contributed by atoms with van der Waals surface area (Å²) in [5.41, 5.74) is 1.24. The number of hydrogen-bond acceptors (Lipinski definition) is 4. The Labute approximate surface area is 168 Å². The predicted molar refractivity (Wildman–Crippen MR) is 110 cm³/mol. The lowest BCUT2D eigenvalue weighted by Gasteiger charge is -2.32. The number of fused-ring (bicyclic) bond motifs is 1. The van der Waals surface area contributed by atoms with Crippen LogP contribution in [0, 0.1) is 11.7 Å². The maximum absolute atomic E-state index is 14.0. The summed E-state index contributed by atoms with van der Waals surface area (Å²) in [6.45, 7) is 1.00. The topological polar surface area (TPSA) is 78.1 Å². The number of para-hydroxylation sites is 2. The summed E-state index contributed by atoms with van der Waals surface area (Å²) in [6, 6.07) is 11.8. The molecule has 3 aromatic rings. The Morgan fingerprint density at radius 2 is 2.11 bits per heavy atom. The van der Waals surface area contributed by atoms with Crippen molar-refractivity contribution in [2.45, 2.75) is 12.8 Å². The Morgan fingerprint density at radius 1 is 1.29 bits per heavy atom. The van der Waals surface area contributed by atoms with E-state index in [1.807, 2.05) is 23.1 Å². The van der Waals surface area contributed by atoms with Crippen molar-refractivity contribution in [2.24, 2.45) is 5.92 Å². The Hall–Kier alpha value is -2.74. The molecule has 0 unspecified atom stereocenters. The minimum Gasteiger partial charge on any atom is -0.351 e. The first-order chi connectivity index (χ1) is 13.5. The molecular formula is C20H18BrFN4O2. The van der Waals surface area contributed by atoms with Gasteiger partial charge in [-0.15, -0.1) is 0 Å². The zero-order chi connectivity index (χ0) is 19.7. The number of carbonyl (C=O) groups is 1. The van der Waals surface area contributed by atoms with Crippen molar-refractivity contribution in [3.8, 4) is 0 Å². The van der Waals surface area contributed by atoms with Crippen molar-refractivity contribution in [2.75, 3.05) is 23.3 Å². The van der Waals surface area contributed by atoms with E-state index in [9.17, 15) is 14.0 Å². The Bertz CT molecular complexity index is 1100. The number of halogens is 2. The fraction of sp³-hybridized carbons (Fsp3) is 0.250. The lowest BCUT2D eigenvalue weighted by atomic mass is 9.97. The number of piperidine rings is 1. The number of hydrogen-bond donors (Lipinski definition) is 2. The van der Waals surface area contributed by atoms with Crippen LogP contribution in [0.15, 0.2) is 51.7 Å². The first-order valence-corrected chi connectivity index (χ1v) is 9.80. The number of anilines is 2. The molecule has 1 aliphatic heterocycles. The monoisotopic (exact) mass is 444 g/mol. The molecule has 0 spiro atoms. The SMILES string of the molecule is O=C(Nc1ccc(Br)cc1F)[C@@H]1CCCN(c2nc3ccccc3[nH]c2=O)C1. The third kappa shape index (κ3) is 3.77. The third-order valence-electron chi connectivity index (χ3n) is 4.86. The molecule has 2 N–H and O–H groups in total. The van der Waals surface area contributed by atoms with Crippen LogP contribution >= 0.6 is 15.9 Å². The number of nitrogens with zero attached hydrogens (tertiary/aromatic N) is 2. The molecule has 4 rings (SSSR count). The second kappa shape index (κ2) is 7.71. The van der Waals surface area contributed by atoms with Gasteiger partial charge in [0.1, 0.15) is 5.82 Å². The van der Waals surface area contributed by atoms with Gasteiger partial charge in [-0.2, -0.15) is 0 Å². The summed E-state index contributed by atoms with van der Waals surface area (Å²) in [7, 11) is 0. The van der Waals surface area contributed by atoms with Crippen LogP contribution in [0.2, 0.25) is 0 Å². The molecular weight excluding hydrogens is 427 g/mol. The van der Waals surface area contributed by atoms with Crippen molar-refractivity contribution < 1.29 is 9.18 Å². The van der Waals surface area contributed by atoms with Crippen LogP contribution < -0.4 is 15.8 Å². The molecule has 1 atom stereocenters. The third-order valence-corrected chi connectivity index (χ3v) is 5.36. The predicted octanol–water partition coefficient (Wildman–Crippen LogP) is 3.68. The van der Waals surface area contributed by atoms with E-state index in [1.54, 1.807) is 12.1 Å². The smallest absolute Gasteiger partial charge is 0.291 e. The lowest BCUT2D eigenvalue weighted by molar-refractivity contribution is -0.120. The van der Waals surface area contributed by atoms with Gasteiger partial charge in [-0.25, -0.2) is 9.37 Å². The number of benzene rings is 2. The highest BCUT2D eigenvalue weighted by atomic mass is 79.9. The summed E-state index contributed by atoms with van der Waals surface area (Å²) in [6.07, 6.45) is 1.42. The molecule has 0 radical (unpaired) electrons. The molecule has 1 amide bonds. The summed E-state index contributed by atoms with van der Waals surface area (Å²) in [5.74, 6) is -0.804. The fourth-order valence-electron chi connectivity index (χ4n) is 3.44. The van der Waals surface area contributed by atoms with Crippen LogP contribution in [0.4, 0.5) is 15.9 Å². The van der Waals surface area contributed by atoms with E-state index in [0.29, 0.717) is 40.8 Å². The van der Waals surface area contributed by atoms with E-state index in [1.165, 1.54) is 12.1 Å². The number of rotatable bonds is 3. The van der Waals surface area contributed by atoms with Crippen LogP contribution in [-0.4, -0.2) is 29.0 Å². The van der Waals surface area contributed by atoms with E-state index < -0.39 is 5.82 Å². The van der Waals surface area contributed by atoms with Crippen molar-refractivity contribution in [3.63, 3.8) is 0 Å². The molecule has 1 fully saturated rings. The maximum atomic E-state index is 14.0. The van der Waals surface area contributed by atoms with Crippen molar-refractivity contribution in [1.29, 1.82) is 0 Å².